The maximum atomic E-state index is 11.1. The van der Waals surface area contributed by atoms with Crippen molar-refractivity contribution in [3.63, 3.8) is 0 Å². The molecule has 156 valence electrons. The fraction of sp³-hybridized carbons (Fsp3) is 0.409. The standard InChI is InChI=1S/C22H28N2O4S/c1-22(2,3)17-10-11-20-19(16-17)24(14-7-15-29(25,26)27)21(28-20)12-13-23-18-8-5-4-6-9-18/h4-5,8,10-13,16H,6-7,9,14-15H2,1-3H3,(H,25,26,27)/p+1. The summed E-state index contributed by atoms with van der Waals surface area (Å²) >= 11 is 0. The van der Waals surface area contributed by atoms with Crippen molar-refractivity contribution in [2.24, 2.45) is 0 Å². The Morgan fingerprint density at radius 1 is 1.31 bits per heavy atom. The topological polar surface area (TPSA) is 83.4 Å². The van der Waals surface area contributed by atoms with Crippen LogP contribution in [0.3, 0.4) is 0 Å². The Labute approximate surface area is 172 Å². The first kappa shape index (κ1) is 21.3. The number of nitrogens with one attached hydrogen (secondary N) is 1. The summed E-state index contributed by atoms with van der Waals surface area (Å²) in [6.45, 7) is 6.86. The summed E-state index contributed by atoms with van der Waals surface area (Å²) < 4.78 is 39.3. The molecule has 1 heterocycles. The van der Waals surface area contributed by atoms with Gasteiger partial charge < -0.3 is 9.73 Å². The summed E-state index contributed by atoms with van der Waals surface area (Å²) in [7, 11) is -3.99. The van der Waals surface area contributed by atoms with Gasteiger partial charge in [0.2, 0.25) is 5.58 Å². The smallest absolute Gasteiger partial charge is 0.375 e. The second kappa shape index (κ2) is 8.55. The highest BCUT2D eigenvalue weighted by Crippen LogP contribution is 2.26. The number of oxazole rings is 1. The number of benzene rings is 1. The van der Waals surface area contributed by atoms with Crippen molar-refractivity contribution in [1.82, 2.24) is 5.32 Å². The van der Waals surface area contributed by atoms with Crippen molar-refractivity contribution in [3.05, 3.63) is 59.8 Å². The van der Waals surface area contributed by atoms with Crippen LogP contribution in [0.4, 0.5) is 0 Å². The summed E-state index contributed by atoms with van der Waals surface area (Å²) in [5.74, 6) is 0.340. The highest BCUT2D eigenvalue weighted by Gasteiger charge is 2.24. The van der Waals surface area contributed by atoms with Crippen molar-refractivity contribution in [2.45, 2.75) is 52.0 Å². The lowest BCUT2D eigenvalue weighted by molar-refractivity contribution is -0.677. The average molecular weight is 418 g/mol. The van der Waals surface area contributed by atoms with E-state index in [1.807, 2.05) is 35.1 Å². The van der Waals surface area contributed by atoms with Crippen molar-refractivity contribution in [2.75, 3.05) is 5.75 Å². The van der Waals surface area contributed by atoms with Gasteiger partial charge in [-0.2, -0.15) is 13.0 Å². The quantitative estimate of drug-likeness (QED) is 0.524. The van der Waals surface area contributed by atoms with E-state index in [4.69, 9.17) is 8.97 Å². The van der Waals surface area contributed by atoms with E-state index in [0.29, 0.717) is 18.9 Å². The van der Waals surface area contributed by atoms with E-state index < -0.39 is 10.1 Å². The first-order valence-electron chi connectivity index (χ1n) is 9.84. The molecule has 0 bridgehead atoms. The SMILES string of the molecule is CC(C)(C)c1ccc2oc(/C=C/NC3=CC=CCC3)[n+](CCCS(=O)(=O)O)c2c1. The summed E-state index contributed by atoms with van der Waals surface area (Å²) in [5.41, 5.74) is 3.93. The third-order valence-electron chi connectivity index (χ3n) is 4.89. The van der Waals surface area contributed by atoms with Crippen LogP contribution < -0.4 is 9.88 Å². The second-order valence-corrected chi connectivity index (χ2v) is 9.87. The van der Waals surface area contributed by atoms with Crippen LogP contribution in [0.2, 0.25) is 0 Å². The molecule has 1 aliphatic rings. The summed E-state index contributed by atoms with van der Waals surface area (Å²) in [5, 5.41) is 3.28. The summed E-state index contributed by atoms with van der Waals surface area (Å²) in [4.78, 5) is 0. The van der Waals surface area contributed by atoms with E-state index in [-0.39, 0.29) is 11.2 Å². The first-order valence-corrected chi connectivity index (χ1v) is 11.5. The van der Waals surface area contributed by atoms with Crippen LogP contribution in [0.25, 0.3) is 17.2 Å². The minimum Gasteiger partial charge on any atom is -0.398 e. The molecule has 0 amide bonds. The zero-order valence-electron chi connectivity index (χ0n) is 17.2. The molecule has 0 saturated heterocycles. The highest BCUT2D eigenvalue weighted by atomic mass is 32.2. The van der Waals surface area contributed by atoms with Gasteiger partial charge in [0.25, 0.3) is 15.6 Å². The second-order valence-electron chi connectivity index (χ2n) is 8.30. The van der Waals surface area contributed by atoms with Gasteiger partial charge in [-0.3, -0.25) is 4.55 Å². The van der Waals surface area contributed by atoms with E-state index in [2.05, 4.69) is 44.3 Å². The molecular weight excluding hydrogens is 388 g/mol. The van der Waals surface area contributed by atoms with E-state index in [0.717, 1.165) is 29.6 Å². The van der Waals surface area contributed by atoms with Gasteiger partial charge in [-0.15, -0.1) is 0 Å². The van der Waals surface area contributed by atoms with Crippen molar-refractivity contribution >= 4 is 27.3 Å². The molecule has 0 spiro atoms. The lowest BCUT2D eigenvalue weighted by Crippen LogP contribution is -2.36. The molecule has 29 heavy (non-hydrogen) atoms. The fourth-order valence-electron chi connectivity index (χ4n) is 3.27. The van der Waals surface area contributed by atoms with E-state index in [9.17, 15) is 8.42 Å². The van der Waals surface area contributed by atoms with E-state index in [1.54, 1.807) is 0 Å². The van der Waals surface area contributed by atoms with Crippen LogP contribution in [-0.4, -0.2) is 18.7 Å². The number of allylic oxidation sites excluding steroid dienone is 4. The van der Waals surface area contributed by atoms with E-state index >= 15 is 0 Å². The van der Waals surface area contributed by atoms with Crippen LogP contribution in [0.15, 0.2) is 52.7 Å². The van der Waals surface area contributed by atoms with Gasteiger partial charge in [0.05, 0.1) is 11.8 Å². The minimum atomic E-state index is -3.99. The Morgan fingerprint density at radius 2 is 2.10 bits per heavy atom. The lowest BCUT2D eigenvalue weighted by atomic mass is 9.87. The Kier molecular flexibility index (Phi) is 6.29. The number of aromatic nitrogens is 1. The highest BCUT2D eigenvalue weighted by molar-refractivity contribution is 7.85. The van der Waals surface area contributed by atoms with Crippen molar-refractivity contribution in [3.8, 4) is 0 Å². The Balaban J connectivity index is 1.92. The number of hydrogen-bond acceptors (Lipinski definition) is 4. The Hall–Kier alpha value is -2.38. The predicted molar refractivity (Wildman–Crippen MR) is 115 cm³/mol. The van der Waals surface area contributed by atoms with Gasteiger partial charge in [-0.05, 0) is 36.0 Å². The van der Waals surface area contributed by atoms with Crippen LogP contribution in [0.5, 0.6) is 0 Å². The maximum Gasteiger partial charge on any atom is 0.375 e. The lowest BCUT2D eigenvalue weighted by Gasteiger charge is -2.17. The van der Waals surface area contributed by atoms with Crippen molar-refractivity contribution in [1.29, 1.82) is 0 Å². The normalized spacial score (nSPS) is 15.2. The van der Waals surface area contributed by atoms with Gasteiger partial charge in [-0.25, -0.2) is 0 Å². The first-order chi connectivity index (χ1) is 13.6. The number of rotatable bonds is 7. The van der Waals surface area contributed by atoms with Gasteiger partial charge in [-0.1, -0.05) is 39.0 Å². The maximum absolute atomic E-state index is 11.1. The Bertz CT molecular complexity index is 1070. The zero-order valence-corrected chi connectivity index (χ0v) is 18.0. The number of hydrogen-bond donors (Lipinski definition) is 2. The molecule has 7 heteroatoms. The van der Waals surface area contributed by atoms with Crippen molar-refractivity contribution < 1.29 is 22.0 Å². The molecule has 1 aromatic carbocycles. The molecule has 0 aliphatic heterocycles. The monoisotopic (exact) mass is 417 g/mol. The molecule has 0 atom stereocenters. The van der Waals surface area contributed by atoms with Crippen LogP contribution in [-0.2, 0) is 22.1 Å². The van der Waals surface area contributed by atoms with Gasteiger partial charge in [0, 0.05) is 24.4 Å². The summed E-state index contributed by atoms with van der Waals surface area (Å²) in [6, 6.07) is 6.10. The van der Waals surface area contributed by atoms with Gasteiger partial charge >= 0.3 is 5.89 Å². The van der Waals surface area contributed by atoms with Crippen LogP contribution in [0, 0.1) is 0 Å². The third kappa shape index (κ3) is 5.81. The molecule has 0 radical (unpaired) electrons. The van der Waals surface area contributed by atoms with Gasteiger partial charge in [0.15, 0.2) is 6.54 Å². The van der Waals surface area contributed by atoms with Gasteiger partial charge in [0.1, 0.15) is 0 Å². The molecule has 0 saturated carbocycles. The Morgan fingerprint density at radius 3 is 2.76 bits per heavy atom. The summed E-state index contributed by atoms with van der Waals surface area (Å²) in [6.07, 6.45) is 12.2. The average Bonchev–Trinajstić information content (AvgIpc) is 2.98. The van der Waals surface area contributed by atoms with E-state index in [1.165, 1.54) is 5.56 Å². The molecule has 0 fully saturated rings. The molecule has 1 aromatic heterocycles. The largest absolute Gasteiger partial charge is 0.398 e. The number of aryl methyl sites for hydroxylation is 1. The molecular formula is C22H29N2O4S+. The predicted octanol–water partition coefficient (Wildman–Crippen LogP) is 4.09. The minimum absolute atomic E-state index is 0.0176. The number of nitrogens with zero attached hydrogens (tertiary/aromatic N) is 1. The van der Waals surface area contributed by atoms with Crippen LogP contribution >= 0.6 is 0 Å². The van der Waals surface area contributed by atoms with Crippen LogP contribution in [0.1, 0.15) is 51.5 Å². The molecule has 0 unspecified atom stereocenters. The fourth-order valence-corrected chi connectivity index (χ4v) is 3.76. The molecule has 2 N–H and O–H groups in total. The molecule has 1 aliphatic carbocycles. The third-order valence-corrected chi connectivity index (χ3v) is 5.69. The molecule has 3 rings (SSSR count). The molecule has 6 nitrogen and oxygen atoms in total. The number of fused-ring (bicyclic) bond motifs is 1. The molecule has 2 aromatic rings. The zero-order chi connectivity index (χ0) is 21.1.